The second-order valence-corrected chi connectivity index (χ2v) is 8.62. The van der Waals surface area contributed by atoms with E-state index >= 15 is 0 Å². The van der Waals surface area contributed by atoms with E-state index in [9.17, 15) is 0 Å². The first-order valence-corrected chi connectivity index (χ1v) is 11.2. The molecular formula is C25H22BrNS. The second kappa shape index (κ2) is 8.76. The van der Waals surface area contributed by atoms with Crippen LogP contribution in [-0.4, -0.2) is 0 Å². The van der Waals surface area contributed by atoms with Crippen LogP contribution in [0.2, 0.25) is 0 Å². The second-order valence-electron chi connectivity index (χ2n) is 6.75. The zero-order valence-corrected chi connectivity index (χ0v) is 18.2. The summed E-state index contributed by atoms with van der Waals surface area (Å²) in [5.74, 6) is 0. The zero-order valence-electron chi connectivity index (χ0n) is 15.8. The van der Waals surface area contributed by atoms with Gasteiger partial charge in [0.2, 0.25) is 0 Å². The van der Waals surface area contributed by atoms with Crippen LogP contribution in [0.1, 0.15) is 18.9 Å². The third-order valence-electron chi connectivity index (χ3n) is 4.75. The van der Waals surface area contributed by atoms with Gasteiger partial charge in [0.15, 0.2) is 0 Å². The zero-order chi connectivity index (χ0) is 19.3. The van der Waals surface area contributed by atoms with Crippen molar-refractivity contribution in [1.82, 2.24) is 0 Å². The highest BCUT2D eigenvalue weighted by Gasteiger charge is 2.13. The molecule has 0 N–H and O–H groups in total. The Bertz CT molecular complexity index is 1000. The number of aryl methyl sites for hydroxylation is 1. The summed E-state index contributed by atoms with van der Waals surface area (Å²) in [6, 6.07) is 30.5. The van der Waals surface area contributed by atoms with Gasteiger partial charge in [0.05, 0.1) is 0 Å². The average Bonchev–Trinajstić information content (AvgIpc) is 3.27. The van der Waals surface area contributed by atoms with E-state index in [-0.39, 0.29) is 0 Å². The molecule has 3 aromatic carbocycles. The summed E-state index contributed by atoms with van der Waals surface area (Å²) in [5.41, 5.74) is 6.12. The van der Waals surface area contributed by atoms with Crippen LogP contribution in [0.3, 0.4) is 0 Å². The van der Waals surface area contributed by atoms with Crippen LogP contribution in [-0.2, 0) is 6.42 Å². The van der Waals surface area contributed by atoms with Crippen molar-refractivity contribution >= 4 is 44.3 Å². The van der Waals surface area contributed by atoms with Gasteiger partial charge < -0.3 is 4.90 Å². The molecule has 0 radical (unpaired) electrons. The Balaban J connectivity index is 1.73. The molecular weight excluding hydrogens is 426 g/mol. The summed E-state index contributed by atoms with van der Waals surface area (Å²) >= 11 is 5.32. The van der Waals surface area contributed by atoms with Crippen molar-refractivity contribution in [2.75, 3.05) is 4.90 Å². The molecule has 0 unspecified atom stereocenters. The Hall–Kier alpha value is -2.36. The van der Waals surface area contributed by atoms with Crippen LogP contribution in [0.4, 0.5) is 17.1 Å². The van der Waals surface area contributed by atoms with Gasteiger partial charge in [-0.1, -0.05) is 59.6 Å². The number of hydrogen-bond donors (Lipinski definition) is 0. The Morgan fingerprint density at radius 1 is 0.750 bits per heavy atom. The molecule has 4 aromatic rings. The lowest BCUT2D eigenvalue weighted by atomic mass is 10.1. The molecule has 0 saturated carbocycles. The van der Waals surface area contributed by atoms with E-state index in [1.807, 2.05) is 0 Å². The van der Waals surface area contributed by atoms with Crippen molar-refractivity contribution in [2.45, 2.75) is 19.8 Å². The molecule has 28 heavy (non-hydrogen) atoms. The van der Waals surface area contributed by atoms with E-state index in [1.54, 1.807) is 11.3 Å². The highest BCUT2D eigenvalue weighted by molar-refractivity contribution is 9.10. The molecule has 0 saturated heterocycles. The minimum atomic E-state index is 1.09. The van der Waals surface area contributed by atoms with Crippen LogP contribution in [0.15, 0.2) is 94.8 Å². The molecule has 0 spiro atoms. The van der Waals surface area contributed by atoms with Crippen molar-refractivity contribution in [1.29, 1.82) is 0 Å². The molecule has 1 nitrogen and oxygen atoms in total. The number of anilines is 3. The topological polar surface area (TPSA) is 3.24 Å². The number of benzene rings is 3. The van der Waals surface area contributed by atoms with Gasteiger partial charge in [-0.25, -0.2) is 0 Å². The largest absolute Gasteiger partial charge is 0.311 e. The Kier molecular flexibility index (Phi) is 5.94. The smallest absolute Gasteiger partial charge is 0.0462 e. The monoisotopic (exact) mass is 447 g/mol. The van der Waals surface area contributed by atoms with Gasteiger partial charge in [0.1, 0.15) is 0 Å². The van der Waals surface area contributed by atoms with Gasteiger partial charge in [0, 0.05) is 26.4 Å². The SMILES string of the molecule is CCCc1ccc(N(c2ccc(Br)cc2)c2ccc(-c3cccs3)cc2)cc1. The lowest BCUT2D eigenvalue weighted by Gasteiger charge is -2.26. The average molecular weight is 448 g/mol. The summed E-state index contributed by atoms with van der Waals surface area (Å²) in [7, 11) is 0. The van der Waals surface area contributed by atoms with Crippen molar-refractivity contribution in [3.05, 3.63) is 100 Å². The van der Waals surface area contributed by atoms with Crippen molar-refractivity contribution in [3.63, 3.8) is 0 Å². The third kappa shape index (κ3) is 4.21. The molecule has 0 amide bonds. The van der Waals surface area contributed by atoms with E-state index < -0.39 is 0 Å². The van der Waals surface area contributed by atoms with Crippen LogP contribution >= 0.6 is 27.3 Å². The van der Waals surface area contributed by atoms with Crippen LogP contribution < -0.4 is 4.90 Å². The maximum Gasteiger partial charge on any atom is 0.0462 e. The van der Waals surface area contributed by atoms with Crippen molar-refractivity contribution in [3.8, 4) is 10.4 Å². The summed E-state index contributed by atoms with van der Waals surface area (Å²) in [4.78, 5) is 3.60. The summed E-state index contributed by atoms with van der Waals surface area (Å²) in [5, 5.41) is 2.12. The molecule has 1 heterocycles. The fourth-order valence-corrected chi connectivity index (χ4v) is 4.35. The minimum Gasteiger partial charge on any atom is -0.311 e. The molecule has 140 valence electrons. The molecule has 3 heteroatoms. The first kappa shape index (κ1) is 19.0. The van der Waals surface area contributed by atoms with E-state index in [4.69, 9.17) is 0 Å². The lowest BCUT2D eigenvalue weighted by molar-refractivity contribution is 0.922. The van der Waals surface area contributed by atoms with E-state index in [1.165, 1.54) is 28.1 Å². The van der Waals surface area contributed by atoms with Gasteiger partial charge in [-0.05, 0) is 77.5 Å². The standard InChI is InChI=1S/C25H22BrNS/c1-2-4-19-6-12-22(13-7-19)27(24-16-10-21(26)11-17-24)23-14-8-20(9-15-23)25-5-3-18-28-25/h3,5-18H,2,4H2,1H3. The highest BCUT2D eigenvalue weighted by atomic mass is 79.9. The number of nitrogens with zero attached hydrogens (tertiary/aromatic N) is 1. The first-order chi connectivity index (χ1) is 13.7. The predicted molar refractivity (Wildman–Crippen MR) is 126 cm³/mol. The Labute approximate surface area is 179 Å². The molecule has 0 fully saturated rings. The van der Waals surface area contributed by atoms with Crippen molar-refractivity contribution in [2.24, 2.45) is 0 Å². The van der Waals surface area contributed by atoms with Gasteiger partial charge in [0.25, 0.3) is 0 Å². The summed E-state index contributed by atoms with van der Waals surface area (Å²) in [6.07, 6.45) is 2.29. The molecule has 1 aromatic heterocycles. The number of rotatable bonds is 6. The molecule has 0 atom stereocenters. The van der Waals surface area contributed by atoms with Gasteiger partial charge in [-0.2, -0.15) is 0 Å². The van der Waals surface area contributed by atoms with Gasteiger partial charge in [-0.15, -0.1) is 11.3 Å². The Morgan fingerprint density at radius 3 is 1.86 bits per heavy atom. The van der Waals surface area contributed by atoms with E-state index in [0.717, 1.165) is 22.3 Å². The third-order valence-corrected chi connectivity index (χ3v) is 6.20. The fraction of sp³-hybridized carbons (Fsp3) is 0.120. The molecule has 0 aliphatic carbocycles. The molecule has 0 bridgehead atoms. The number of hydrogen-bond acceptors (Lipinski definition) is 2. The predicted octanol–water partition coefficient (Wildman–Crippen LogP) is 8.60. The fourth-order valence-electron chi connectivity index (χ4n) is 3.36. The van der Waals surface area contributed by atoms with Gasteiger partial charge >= 0.3 is 0 Å². The number of thiophene rings is 1. The van der Waals surface area contributed by atoms with E-state index in [2.05, 4.69) is 118 Å². The lowest BCUT2D eigenvalue weighted by Crippen LogP contribution is -2.09. The van der Waals surface area contributed by atoms with Crippen LogP contribution in [0, 0.1) is 0 Å². The highest BCUT2D eigenvalue weighted by Crippen LogP contribution is 2.36. The van der Waals surface area contributed by atoms with E-state index in [0.29, 0.717) is 0 Å². The summed E-state index contributed by atoms with van der Waals surface area (Å²) < 4.78 is 1.09. The van der Waals surface area contributed by atoms with Crippen molar-refractivity contribution < 1.29 is 0 Å². The normalized spacial score (nSPS) is 10.8. The van der Waals surface area contributed by atoms with Gasteiger partial charge in [-0.3, -0.25) is 0 Å². The van der Waals surface area contributed by atoms with Crippen LogP contribution in [0.25, 0.3) is 10.4 Å². The molecule has 4 rings (SSSR count). The van der Waals surface area contributed by atoms with Crippen LogP contribution in [0.5, 0.6) is 0 Å². The summed E-state index contributed by atoms with van der Waals surface area (Å²) in [6.45, 7) is 2.22. The minimum absolute atomic E-state index is 1.09. The molecule has 0 aliphatic rings. The maximum absolute atomic E-state index is 3.55. The quantitative estimate of drug-likeness (QED) is 0.285. The Morgan fingerprint density at radius 2 is 1.32 bits per heavy atom. The molecule has 0 aliphatic heterocycles. The maximum atomic E-state index is 3.55. The first-order valence-electron chi connectivity index (χ1n) is 9.53. The number of halogens is 1.